The van der Waals surface area contributed by atoms with Crippen molar-refractivity contribution in [2.24, 2.45) is 0 Å². The SMILES string of the molecule is Cc1ccc(Nc2nncc(Nc3ccc(N4CCN(C)CC4)cc3)n2)cc1C. The van der Waals surface area contributed by atoms with Gasteiger partial charge in [-0.2, -0.15) is 10.1 Å². The third kappa shape index (κ3) is 4.81. The van der Waals surface area contributed by atoms with Gasteiger partial charge in [-0.05, 0) is 68.4 Å². The molecule has 150 valence electrons. The van der Waals surface area contributed by atoms with Gasteiger partial charge in [0.1, 0.15) is 0 Å². The molecule has 1 aliphatic rings. The largest absolute Gasteiger partial charge is 0.369 e. The number of rotatable bonds is 5. The van der Waals surface area contributed by atoms with Gasteiger partial charge in [-0.25, -0.2) is 0 Å². The third-order valence-corrected chi connectivity index (χ3v) is 5.33. The molecule has 0 unspecified atom stereocenters. The first-order valence-corrected chi connectivity index (χ1v) is 9.91. The number of aryl methyl sites for hydroxylation is 2. The summed E-state index contributed by atoms with van der Waals surface area (Å²) in [5, 5.41) is 14.7. The van der Waals surface area contributed by atoms with Crippen LogP contribution in [0, 0.1) is 13.8 Å². The van der Waals surface area contributed by atoms with Crippen LogP contribution < -0.4 is 15.5 Å². The summed E-state index contributed by atoms with van der Waals surface area (Å²) >= 11 is 0. The highest BCUT2D eigenvalue weighted by Gasteiger charge is 2.14. The quantitative estimate of drug-likeness (QED) is 0.689. The molecule has 1 aliphatic heterocycles. The predicted molar refractivity (Wildman–Crippen MR) is 118 cm³/mol. The monoisotopic (exact) mass is 389 g/mol. The number of benzene rings is 2. The molecule has 0 atom stereocenters. The van der Waals surface area contributed by atoms with Gasteiger partial charge in [-0.1, -0.05) is 6.07 Å². The molecule has 7 nitrogen and oxygen atoms in total. The molecule has 2 N–H and O–H groups in total. The highest BCUT2D eigenvalue weighted by Crippen LogP contribution is 2.22. The van der Waals surface area contributed by atoms with Crippen molar-refractivity contribution in [1.29, 1.82) is 0 Å². The van der Waals surface area contributed by atoms with Crippen molar-refractivity contribution in [1.82, 2.24) is 20.1 Å². The molecule has 1 saturated heterocycles. The van der Waals surface area contributed by atoms with E-state index in [1.165, 1.54) is 16.8 Å². The zero-order valence-electron chi connectivity index (χ0n) is 17.2. The minimum Gasteiger partial charge on any atom is -0.369 e. The second-order valence-electron chi connectivity index (χ2n) is 7.55. The first-order chi connectivity index (χ1) is 14.1. The molecule has 0 radical (unpaired) electrons. The first-order valence-electron chi connectivity index (χ1n) is 9.91. The van der Waals surface area contributed by atoms with E-state index in [0.717, 1.165) is 37.6 Å². The van der Waals surface area contributed by atoms with E-state index in [1.807, 2.05) is 6.07 Å². The van der Waals surface area contributed by atoms with Crippen LogP contribution in [-0.2, 0) is 0 Å². The Bertz CT molecular complexity index is 963. The standard InChI is InChI=1S/C22H27N7/c1-16-4-5-19(14-17(16)2)25-22-26-21(15-23-27-22)24-18-6-8-20(9-7-18)29-12-10-28(3)11-13-29/h4-9,14-15H,10-13H2,1-3H3,(H2,24,25,26,27). The number of piperazine rings is 1. The highest BCUT2D eigenvalue weighted by atomic mass is 15.3. The Morgan fingerprint density at radius 1 is 0.828 bits per heavy atom. The van der Waals surface area contributed by atoms with Crippen molar-refractivity contribution in [3.05, 3.63) is 59.8 Å². The second-order valence-corrected chi connectivity index (χ2v) is 7.55. The maximum atomic E-state index is 4.52. The van der Waals surface area contributed by atoms with Crippen molar-refractivity contribution >= 4 is 28.8 Å². The minimum atomic E-state index is 0.465. The topological polar surface area (TPSA) is 69.2 Å². The molecule has 0 amide bonds. The van der Waals surface area contributed by atoms with Crippen molar-refractivity contribution in [3.8, 4) is 0 Å². The van der Waals surface area contributed by atoms with E-state index in [-0.39, 0.29) is 0 Å². The Hall–Kier alpha value is -3.19. The number of hydrogen-bond acceptors (Lipinski definition) is 7. The lowest BCUT2D eigenvalue weighted by Crippen LogP contribution is -2.44. The highest BCUT2D eigenvalue weighted by molar-refractivity contribution is 5.62. The molecule has 1 aromatic heterocycles. The number of hydrogen-bond donors (Lipinski definition) is 2. The molecule has 3 aromatic rings. The van der Waals surface area contributed by atoms with Gasteiger partial charge in [-0.3, -0.25) is 0 Å². The number of nitrogens with zero attached hydrogens (tertiary/aromatic N) is 5. The second kappa shape index (κ2) is 8.45. The smallest absolute Gasteiger partial charge is 0.249 e. The summed E-state index contributed by atoms with van der Waals surface area (Å²) in [5.74, 6) is 1.12. The zero-order valence-corrected chi connectivity index (χ0v) is 17.2. The fraction of sp³-hybridized carbons (Fsp3) is 0.318. The molecular weight excluding hydrogens is 362 g/mol. The molecule has 0 bridgehead atoms. The lowest BCUT2D eigenvalue weighted by atomic mass is 10.1. The van der Waals surface area contributed by atoms with E-state index < -0.39 is 0 Å². The van der Waals surface area contributed by atoms with Gasteiger partial charge in [0, 0.05) is 43.2 Å². The van der Waals surface area contributed by atoms with Crippen molar-refractivity contribution in [3.63, 3.8) is 0 Å². The predicted octanol–water partition coefficient (Wildman–Crippen LogP) is 3.73. The molecular formula is C22H27N7. The Morgan fingerprint density at radius 2 is 1.55 bits per heavy atom. The molecule has 1 fully saturated rings. The van der Waals surface area contributed by atoms with Gasteiger partial charge < -0.3 is 20.4 Å². The normalized spacial score (nSPS) is 14.7. The number of anilines is 5. The van der Waals surface area contributed by atoms with Crippen molar-refractivity contribution < 1.29 is 0 Å². The maximum Gasteiger partial charge on any atom is 0.249 e. The zero-order chi connectivity index (χ0) is 20.2. The van der Waals surface area contributed by atoms with Crippen LogP contribution in [0.1, 0.15) is 11.1 Å². The van der Waals surface area contributed by atoms with Crippen LogP contribution in [0.25, 0.3) is 0 Å². The average Bonchev–Trinajstić information content (AvgIpc) is 2.72. The van der Waals surface area contributed by atoms with Crippen molar-refractivity contribution in [2.75, 3.05) is 48.8 Å². The molecule has 2 heterocycles. The Balaban J connectivity index is 1.41. The minimum absolute atomic E-state index is 0.465. The van der Waals surface area contributed by atoms with E-state index in [9.17, 15) is 0 Å². The third-order valence-electron chi connectivity index (χ3n) is 5.33. The van der Waals surface area contributed by atoms with Crippen LogP contribution in [0.15, 0.2) is 48.7 Å². The Labute approximate surface area is 171 Å². The summed E-state index contributed by atoms with van der Waals surface area (Å²) in [6.07, 6.45) is 1.62. The van der Waals surface area contributed by atoms with E-state index in [0.29, 0.717) is 11.8 Å². The molecule has 0 spiro atoms. The number of aromatic nitrogens is 3. The Morgan fingerprint density at radius 3 is 2.28 bits per heavy atom. The van der Waals surface area contributed by atoms with Crippen LogP contribution in [0.5, 0.6) is 0 Å². The van der Waals surface area contributed by atoms with Gasteiger partial charge in [-0.15, -0.1) is 5.10 Å². The maximum absolute atomic E-state index is 4.52. The van der Waals surface area contributed by atoms with Crippen LogP contribution in [0.2, 0.25) is 0 Å². The van der Waals surface area contributed by atoms with Crippen LogP contribution in [0.3, 0.4) is 0 Å². The summed E-state index contributed by atoms with van der Waals surface area (Å²) in [6, 6.07) is 14.6. The van der Waals surface area contributed by atoms with Crippen LogP contribution in [0.4, 0.5) is 28.8 Å². The van der Waals surface area contributed by atoms with E-state index in [2.05, 4.69) is 92.9 Å². The molecule has 0 aliphatic carbocycles. The summed E-state index contributed by atoms with van der Waals surface area (Å²) < 4.78 is 0. The summed E-state index contributed by atoms with van der Waals surface area (Å²) in [6.45, 7) is 8.51. The van der Waals surface area contributed by atoms with Crippen LogP contribution >= 0.6 is 0 Å². The molecule has 4 rings (SSSR count). The number of likely N-dealkylation sites (N-methyl/N-ethyl adjacent to an activating group) is 1. The lowest BCUT2D eigenvalue weighted by molar-refractivity contribution is 0.313. The average molecular weight is 390 g/mol. The summed E-state index contributed by atoms with van der Waals surface area (Å²) in [4.78, 5) is 9.30. The van der Waals surface area contributed by atoms with E-state index >= 15 is 0 Å². The molecule has 29 heavy (non-hydrogen) atoms. The number of nitrogens with one attached hydrogen (secondary N) is 2. The van der Waals surface area contributed by atoms with Gasteiger partial charge in [0.15, 0.2) is 5.82 Å². The summed E-state index contributed by atoms with van der Waals surface area (Å²) in [7, 11) is 2.17. The van der Waals surface area contributed by atoms with Crippen LogP contribution in [-0.4, -0.2) is 53.3 Å². The van der Waals surface area contributed by atoms with Gasteiger partial charge in [0.25, 0.3) is 0 Å². The van der Waals surface area contributed by atoms with Gasteiger partial charge in [0.2, 0.25) is 5.95 Å². The fourth-order valence-corrected chi connectivity index (χ4v) is 3.33. The summed E-state index contributed by atoms with van der Waals surface area (Å²) in [5.41, 5.74) is 5.65. The fourth-order valence-electron chi connectivity index (χ4n) is 3.33. The van der Waals surface area contributed by atoms with Gasteiger partial charge >= 0.3 is 0 Å². The van der Waals surface area contributed by atoms with E-state index in [4.69, 9.17) is 0 Å². The lowest BCUT2D eigenvalue weighted by Gasteiger charge is -2.34. The first kappa shape index (κ1) is 19.1. The molecule has 7 heteroatoms. The van der Waals surface area contributed by atoms with Gasteiger partial charge in [0.05, 0.1) is 6.20 Å². The Kier molecular flexibility index (Phi) is 5.57. The van der Waals surface area contributed by atoms with Crippen molar-refractivity contribution in [2.45, 2.75) is 13.8 Å². The van der Waals surface area contributed by atoms with E-state index in [1.54, 1.807) is 6.20 Å². The molecule has 2 aromatic carbocycles. The molecule has 0 saturated carbocycles.